The highest BCUT2D eigenvalue weighted by molar-refractivity contribution is 6.02. The molecule has 128 valence electrons. The molecule has 0 fully saturated rings. The van der Waals surface area contributed by atoms with E-state index in [0.717, 1.165) is 0 Å². The molecule has 3 rings (SSSR count). The Morgan fingerprint density at radius 1 is 1.32 bits per heavy atom. The number of amides is 1. The zero-order valence-electron chi connectivity index (χ0n) is 13.5. The Labute approximate surface area is 142 Å². The van der Waals surface area contributed by atoms with E-state index in [2.05, 4.69) is 20.7 Å². The van der Waals surface area contributed by atoms with Crippen LogP contribution in [0.2, 0.25) is 0 Å². The summed E-state index contributed by atoms with van der Waals surface area (Å²) in [5.74, 6) is 0.101. The predicted octanol–water partition coefficient (Wildman–Crippen LogP) is 2.21. The van der Waals surface area contributed by atoms with E-state index in [1.165, 1.54) is 29.1 Å². The largest absolute Gasteiger partial charge is 0.305 e. The van der Waals surface area contributed by atoms with Crippen molar-refractivity contribution in [3.05, 3.63) is 58.5 Å². The lowest BCUT2D eigenvalue weighted by Crippen LogP contribution is -2.17. The van der Waals surface area contributed by atoms with E-state index in [1.807, 2.05) is 13.8 Å². The van der Waals surface area contributed by atoms with Gasteiger partial charge in [-0.05, 0) is 19.9 Å². The topological polar surface area (TPSA) is 121 Å². The highest BCUT2D eigenvalue weighted by Gasteiger charge is 2.16. The minimum atomic E-state index is -0.499. The molecule has 0 radical (unpaired) electrons. The number of hydrogen-bond acceptors (Lipinski definition) is 6. The van der Waals surface area contributed by atoms with Crippen LogP contribution in [0, 0.1) is 10.1 Å². The van der Waals surface area contributed by atoms with E-state index in [9.17, 15) is 14.9 Å². The van der Waals surface area contributed by atoms with Gasteiger partial charge in [-0.25, -0.2) is 9.36 Å². The third-order valence-corrected chi connectivity index (χ3v) is 3.43. The maximum Gasteiger partial charge on any atom is 0.279 e. The van der Waals surface area contributed by atoms with Crippen molar-refractivity contribution in [2.24, 2.45) is 0 Å². The summed E-state index contributed by atoms with van der Waals surface area (Å²) in [4.78, 5) is 22.7. The van der Waals surface area contributed by atoms with Crippen molar-refractivity contribution in [3.63, 3.8) is 0 Å². The molecule has 25 heavy (non-hydrogen) atoms. The van der Waals surface area contributed by atoms with Crippen LogP contribution in [0.1, 0.15) is 30.4 Å². The molecule has 0 unspecified atom stereocenters. The lowest BCUT2D eigenvalue weighted by Gasteiger charge is -2.10. The number of anilines is 1. The number of benzene rings is 1. The summed E-state index contributed by atoms with van der Waals surface area (Å²) in [5, 5.41) is 25.4. The maximum atomic E-state index is 12.3. The number of carbonyl (C=O) groups excluding carboxylic acids is 1. The zero-order valence-corrected chi connectivity index (χ0v) is 13.5. The number of hydrogen-bond donors (Lipinski definition) is 1. The Hall–Kier alpha value is -3.56. The highest BCUT2D eigenvalue weighted by atomic mass is 16.6. The second-order valence-electron chi connectivity index (χ2n) is 5.53. The van der Waals surface area contributed by atoms with E-state index in [-0.39, 0.29) is 17.4 Å². The van der Waals surface area contributed by atoms with E-state index < -0.39 is 10.8 Å². The van der Waals surface area contributed by atoms with Gasteiger partial charge in [-0.3, -0.25) is 14.9 Å². The smallest absolute Gasteiger partial charge is 0.279 e. The van der Waals surface area contributed by atoms with Crippen LogP contribution in [0.5, 0.6) is 0 Å². The third kappa shape index (κ3) is 3.37. The minimum Gasteiger partial charge on any atom is -0.305 e. The van der Waals surface area contributed by atoms with Gasteiger partial charge in [-0.1, -0.05) is 11.3 Å². The Kier molecular flexibility index (Phi) is 4.25. The zero-order chi connectivity index (χ0) is 18.0. The number of nitro benzene ring substituents is 1. The van der Waals surface area contributed by atoms with Crippen LogP contribution in [-0.4, -0.2) is 35.6 Å². The number of carbonyl (C=O) groups is 1. The fourth-order valence-corrected chi connectivity index (χ4v) is 2.25. The van der Waals surface area contributed by atoms with Crippen LogP contribution < -0.4 is 5.32 Å². The van der Waals surface area contributed by atoms with E-state index in [4.69, 9.17) is 0 Å². The summed E-state index contributed by atoms with van der Waals surface area (Å²) >= 11 is 0. The fraction of sp³-hybridized carbons (Fsp3) is 0.200. The van der Waals surface area contributed by atoms with Gasteiger partial charge in [0.2, 0.25) is 0 Å². The van der Waals surface area contributed by atoms with Crippen LogP contribution in [0.3, 0.4) is 0 Å². The van der Waals surface area contributed by atoms with Crippen molar-refractivity contribution < 1.29 is 9.72 Å². The second-order valence-corrected chi connectivity index (χ2v) is 5.53. The number of nitrogens with zero attached hydrogens (tertiary/aromatic N) is 6. The van der Waals surface area contributed by atoms with Gasteiger partial charge in [-0.2, -0.15) is 5.10 Å². The first kappa shape index (κ1) is 16.3. The molecule has 0 spiro atoms. The van der Waals surface area contributed by atoms with E-state index in [1.54, 1.807) is 23.0 Å². The van der Waals surface area contributed by atoms with Gasteiger partial charge in [-0.15, -0.1) is 5.10 Å². The summed E-state index contributed by atoms with van der Waals surface area (Å²) in [6, 6.07) is 7.67. The summed E-state index contributed by atoms with van der Waals surface area (Å²) < 4.78 is 2.98. The molecule has 0 saturated carbocycles. The molecule has 0 aliphatic carbocycles. The number of nitro groups is 1. The van der Waals surface area contributed by atoms with Crippen LogP contribution in [0.4, 0.5) is 11.5 Å². The predicted molar refractivity (Wildman–Crippen MR) is 88.6 cm³/mol. The molecule has 0 saturated heterocycles. The summed E-state index contributed by atoms with van der Waals surface area (Å²) in [6.07, 6.45) is 3.00. The van der Waals surface area contributed by atoms with Crippen LogP contribution in [0.25, 0.3) is 5.69 Å². The van der Waals surface area contributed by atoms with Gasteiger partial charge in [0.1, 0.15) is 5.82 Å². The molecule has 2 aromatic heterocycles. The number of aromatic nitrogens is 5. The number of non-ortho nitro benzene ring substituents is 1. The van der Waals surface area contributed by atoms with E-state index >= 15 is 0 Å². The molecule has 1 aromatic carbocycles. The average molecular weight is 341 g/mol. The van der Waals surface area contributed by atoms with Crippen LogP contribution in [0.15, 0.2) is 42.7 Å². The molecule has 10 heteroatoms. The SMILES string of the molecule is CC(C)n1nccc1NC(=O)c1cn(-c2cccc([N+](=O)[O-])c2)nn1. The Bertz CT molecular complexity index is 929. The van der Waals surface area contributed by atoms with Crippen molar-refractivity contribution in [2.75, 3.05) is 5.32 Å². The quantitative estimate of drug-likeness (QED) is 0.561. The van der Waals surface area contributed by atoms with Crippen molar-refractivity contribution in [1.29, 1.82) is 0 Å². The summed E-state index contributed by atoms with van der Waals surface area (Å²) in [6.45, 7) is 3.89. The molecule has 0 atom stereocenters. The second kappa shape index (κ2) is 6.51. The van der Waals surface area contributed by atoms with Crippen molar-refractivity contribution in [2.45, 2.75) is 19.9 Å². The molecule has 3 aromatic rings. The molecular formula is C15H15N7O3. The number of rotatable bonds is 5. The normalized spacial score (nSPS) is 10.8. The van der Waals surface area contributed by atoms with Gasteiger partial charge in [0.05, 0.1) is 23.0 Å². The molecule has 0 bridgehead atoms. The van der Waals surface area contributed by atoms with Gasteiger partial charge in [0.15, 0.2) is 5.69 Å². The lowest BCUT2D eigenvalue weighted by atomic mass is 10.3. The van der Waals surface area contributed by atoms with Crippen molar-refractivity contribution in [1.82, 2.24) is 24.8 Å². The van der Waals surface area contributed by atoms with Crippen molar-refractivity contribution >= 4 is 17.4 Å². The molecule has 0 aliphatic heterocycles. The van der Waals surface area contributed by atoms with Gasteiger partial charge in [0.25, 0.3) is 11.6 Å². The monoisotopic (exact) mass is 341 g/mol. The average Bonchev–Trinajstić information content (AvgIpc) is 3.24. The highest BCUT2D eigenvalue weighted by Crippen LogP contribution is 2.17. The summed E-state index contributed by atoms with van der Waals surface area (Å²) in [7, 11) is 0. The lowest BCUT2D eigenvalue weighted by molar-refractivity contribution is -0.384. The Balaban J connectivity index is 1.81. The fourth-order valence-electron chi connectivity index (χ4n) is 2.25. The van der Waals surface area contributed by atoms with Crippen LogP contribution >= 0.6 is 0 Å². The molecule has 0 aliphatic rings. The first-order valence-electron chi connectivity index (χ1n) is 7.48. The molecule has 1 N–H and O–H groups in total. The third-order valence-electron chi connectivity index (χ3n) is 3.43. The maximum absolute atomic E-state index is 12.3. The van der Waals surface area contributed by atoms with Crippen LogP contribution in [-0.2, 0) is 0 Å². The van der Waals surface area contributed by atoms with Gasteiger partial charge in [0, 0.05) is 24.2 Å². The molecule has 2 heterocycles. The van der Waals surface area contributed by atoms with Gasteiger partial charge < -0.3 is 5.32 Å². The Morgan fingerprint density at radius 3 is 2.84 bits per heavy atom. The van der Waals surface area contributed by atoms with Crippen molar-refractivity contribution in [3.8, 4) is 5.69 Å². The first-order valence-corrected chi connectivity index (χ1v) is 7.48. The Morgan fingerprint density at radius 2 is 2.12 bits per heavy atom. The van der Waals surface area contributed by atoms with Gasteiger partial charge >= 0.3 is 0 Å². The summed E-state index contributed by atoms with van der Waals surface area (Å²) in [5.41, 5.74) is 0.454. The molecular weight excluding hydrogens is 326 g/mol. The molecule has 1 amide bonds. The minimum absolute atomic E-state index is 0.0696. The standard InChI is InChI=1S/C15H15N7O3/c1-10(2)21-14(6-7-16-21)17-15(23)13-9-20(19-18-13)11-4-3-5-12(8-11)22(24)25/h3-10H,1-2H3,(H,17,23). The first-order chi connectivity index (χ1) is 12.0. The number of nitrogens with one attached hydrogen (secondary N) is 1. The van der Waals surface area contributed by atoms with E-state index in [0.29, 0.717) is 11.5 Å². The molecule has 10 nitrogen and oxygen atoms in total.